The van der Waals surface area contributed by atoms with Crippen LogP contribution in [0.25, 0.3) is 0 Å². The molecular formula is C11H8IN3O2. The van der Waals surface area contributed by atoms with Crippen LogP contribution in [0.5, 0.6) is 0 Å². The number of rotatable bonds is 2. The van der Waals surface area contributed by atoms with Crippen molar-refractivity contribution in [2.75, 3.05) is 5.32 Å². The summed E-state index contributed by atoms with van der Waals surface area (Å²) in [6, 6.07) is 9.89. The Morgan fingerprint density at radius 1 is 1.18 bits per heavy atom. The van der Waals surface area contributed by atoms with Crippen molar-refractivity contribution in [3.63, 3.8) is 0 Å². The summed E-state index contributed by atoms with van der Waals surface area (Å²) in [6.07, 6.45) is 0. The van der Waals surface area contributed by atoms with Crippen LogP contribution in [0.1, 0.15) is 10.4 Å². The number of carbonyl (C=O) groups excluding carboxylic acids is 1. The predicted octanol–water partition coefficient (Wildman–Crippen LogP) is 1.63. The Morgan fingerprint density at radius 3 is 2.47 bits per heavy atom. The largest absolute Gasteiger partial charge is 0.305 e. The molecule has 0 aliphatic carbocycles. The summed E-state index contributed by atoms with van der Waals surface area (Å²) in [5, 5.41) is 8.52. The molecule has 86 valence electrons. The van der Waals surface area contributed by atoms with Crippen molar-refractivity contribution in [1.29, 1.82) is 0 Å². The molecule has 1 amide bonds. The highest BCUT2D eigenvalue weighted by molar-refractivity contribution is 14.1. The number of nitrogens with zero attached hydrogens (tertiary/aromatic N) is 1. The van der Waals surface area contributed by atoms with Crippen LogP contribution in [0, 0.1) is 3.57 Å². The summed E-state index contributed by atoms with van der Waals surface area (Å²) in [5.74, 6) is 0.0501. The number of anilines is 1. The van der Waals surface area contributed by atoms with Crippen LogP contribution in [-0.4, -0.2) is 16.1 Å². The van der Waals surface area contributed by atoms with E-state index in [0.717, 1.165) is 3.57 Å². The third kappa shape index (κ3) is 3.13. The van der Waals surface area contributed by atoms with Crippen LogP contribution < -0.4 is 10.9 Å². The smallest absolute Gasteiger partial charge is 0.264 e. The van der Waals surface area contributed by atoms with Crippen LogP contribution in [0.4, 0.5) is 5.82 Å². The van der Waals surface area contributed by atoms with Gasteiger partial charge in [-0.3, -0.25) is 9.59 Å². The Labute approximate surface area is 110 Å². The highest BCUT2D eigenvalue weighted by Gasteiger charge is 2.06. The van der Waals surface area contributed by atoms with Crippen molar-refractivity contribution in [3.05, 3.63) is 55.9 Å². The molecule has 17 heavy (non-hydrogen) atoms. The SMILES string of the molecule is O=C(Nc1ccc(=O)[nH]n1)c1ccc(I)cc1. The Balaban J connectivity index is 2.14. The fraction of sp³-hybridized carbons (Fsp3) is 0. The molecule has 1 aromatic carbocycles. The van der Waals surface area contributed by atoms with Crippen LogP contribution in [0.15, 0.2) is 41.2 Å². The number of H-pyrrole nitrogens is 1. The summed E-state index contributed by atoms with van der Waals surface area (Å²) in [7, 11) is 0. The first-order chi connectivity index (χ1) is 8.15. The summed E-state index contributed by atoms with van der Waals surface area (Å²) < 4.78 is 1.06. The van der Waals surface area contributed by atoms with E-state index in [1.54, 1.807) is 12.1 Å². The second-order valence-corrected chi connectivity index (χ2v) is 4.51. The van der Waals surface area contributed by atoms with Gasteiger partial charge >= 0.3 is 0 Å². The minimum absolute atomic E-state index is 0.263. The molecule has 0 saturated heterocycles. The number of nitrogens with one attached hydrogen (secondary N) is 2. The molecular weight excluding hydrogens is 333 g/mol. The third-order valence-corrected chi connectivity index (χ3v) is 2.75. The van der Waals surface area contributed by atoms with E-state index in [1.807, 2.05) is 12.1 Å². The standard InChI is InChI=1S/C11H8IN3O2/c12-8-3-1-7(2-4-8)11(17)13-9-5-6-10(16)15-14-9/h1-6H,(H,15,16)(H,13,14,17). The second-order valence-electron chi connectivity index (χ2n) is 3.27. The molecule has 0 aliphatic heterocycles. The first-order valence-corrected chi connectivity index (χ1v) is 5.86. The van der Waals surface area contributed by atoms with Gasteiger partial charge in [0.1, 0.15) is 0 Å². The lowest BCUT2D eigenvalue weighted by Gasteiger charge is -2.03. The minimum Gasteiger partial charge on any atom is -0.305 e. The molecule has 0 radical (unpaired) electrons. The molecule has 2 N–H and O–H groups in total. The molecule has 0 fully saturated rings. The lowest BCUT2D eigenvalue weighted by molar-refractivity contribution is 0.102. The highest BCUT2D eigenvalue weighted by Crippen LogP contribution is 2.08. The normalized spacial score (nSPS) is 9.94. The molecule has 0 spiro atoms. The van der Waals surface area contributed by atoms with Gasteiger partial charge in [-0.25, -0.2) is 5.10 Å². The molecule has 2 rings (SSSR count). The fourth-order valence-electron chi connectivity index (χ4n) is 1.20. The summed E-state index contributed by atoms with van der Waals surface area (Å²) in [4.78, 5) is 22.5. The van der Waals surface area contributed by atoms with E-state index in [9.17, 15) is 9.59 Å². The highest BCUT2D eigenvalue weighted by atomic mass is 127. The van der Waals surface area contributed by atoms with Gasteiger partial charge in [-0.1, -0.05) is 0 Å². The molecule has 0 unspecified atom stereocenters. The monoisotopic (exact) mass is 341 g/mol. The van der Waals surface area contributed by atoms with Gasteiger partial charge in [0.2, 0.25) is 0 Å². The number of halogens is 1. The number of aromatic nitrogens is 2. The molecule has 1 aromatic heterocycles. The zero-order valence-electron chi connectivity index (χ0n) is 8.61. The molecule has 1 heterocycles. The van der Waals surface area contributed by atoms with Crippen molar-refractivity contribution in [1.82, 2.24) is 10.2 Å². The summed E-state index contributed by atoms with van der Waals surface area (Å²) in [5.41, 5.74) is 0.232. The molecule has 0 aliphatic rings. The van der Waals surface area contributed by atoms with E-state index >= 15 is 0 Å². The Bertz CT molecular complexity index is 572. The van der Waals surface area contributed by atoms with E-state index in [0.29, 0.717) is 11.4 Å². The van der Waals surface area contributed by atoms with E-state index in [2.05, 4.69) is 38.1 Å². The Kier molecular flexibility index (Phi) is 3.52. The molecule has 0 bridgehead atoms. The lowest BCUT2D eigenvalue weighted by atomic mass is 10.2. The number of hydrogen-bond acceptors (Lipinski definition) is 3. The Hall–Kier alpha value is -1.70. The number of hydrogen-bond donors (Lipinski definition) is 2. The van der Waals surface area contributed by atoms with Crippen molar-refractivity contribution in [3.8, 4) is 0 Å². The van der Waals surface area contributed by atoms with Gasteiger partial charge in [-0.2, -0.15) is 5.10 Å². The Morgan fingerprint density at radius 2 is 1.88 bits per heavy atom. The van der Waals surface area contributed by atoms with Crippen molar-refractivity contribution < 1.29 is 4.79 Å². The van der Waals surface area contributed by atoms with E-state index < -0.39 is 0 Å². The van der Waals surface area contributed by atoms with E-state index in [1.165, 1.54) is 12.1 Å². The lowest BCUT2D eigenvalue weighted by Crippen LogP contribution is -2.15. The fourth-order valence-corrected chi connectivity index (χ4v) is 1.56. The maximum atomic E-state index is 11.8. The first-order valence-electron chi connectivity index (χ1n) is 4.78. The van der Waals surface area contributed by atoms with Crippen LogP contribution in [-0.2, 0) is 0 Å². The van der Waals surface area contributed by atoms with Gasteiger partial charge in [-0.05, 0) is 52.9 Å². The summed E-state index contributed by atoms with van der Waals surface area (Å²) in [6.45, 7) is 0. The third-order valence-electron chi connectivity index (χ3n) is 2.03. The quantitative estimate of drug-likeness (QED) is 0.816. The van der Waals surface area contributed by atoms with Gasteiger partial charge in [-0.15, -0.1) is 0 Å². The number of benzene rings is 1. The van der Waals surface area contributed by atoms with Crippen LogP contribution in [0.3, 0.4) is 0 Å². The van der Waals surface area contributed by atoms with Crippen LogP contribution in [0.2, 0.25) is 0 Å². The molecule has 0 saturated carbocycles. The van der Waals surface area contributed by atoms with Crippen LogP contribution >= 0.6 is 22.6 Å². The molecule has 0 atom stereocenters. The average Bonchev–Trinajstić information content (AvgIpc) is 2.33. The zero-order chi connectivity index (χ0) is 12.3. The van der Waals surface area contributed by atoms with Gasteiger partial charge in [0.25, 0.3) is 11.5 Å². The van der Waals surface area contributed by atoms with Gasteiger partial charge in [0, 0.05) is 15.2 Å². The second kappa shape index (κ2) is 5.09. The van der Waals surface area contributed by atoms with Gasteiger partial charge in [0.15, 0.2) is 5.82 Å². The molecule has 5 nitrogen and oxygen atoms in total. The van der Waals surface area contributed by atoms with Crippen molar-refractivity contribution in [2.45, 2.75) is 0 Å². The topological polar surface area (TPSA) is 74.8 Å². The summed E-state index contributed by atoms with van der Waals surface area (Å²) >= 11 is 2.16. The average molecular weight is 341 g/mol. The zero-order valence-corrected chi connectivity index (χ0v) is 10.8. The molecule has 6 heteroatoms. The van der Waals surface area contributed by atoms with Gasteiger partial charge in [0.05, 0.1) is 0 Å². The van der Waals surface area contributed by atoms with Gasteiger partial charge < -0.3 is 5.32 Å². The predicted molar refractivity (Wildman–Crippen MR) is 72.0 cm³/mol. The first kappa shape index (κ1) is 11.8. The number of carbonyl (C=O) groups is 1. The maximum absolute atomic E-state index is 11.8. The van der Waals surface area contributed by atoms with Crippen molar-refractivity contribution >= 4 is 34.3 Å². The number of aromatic amines is 1. The van der Waals surface area contributed by atoms with Crippen molar-refractivity contribution in [2.24, 2.45) is 0 Å². The number of amides is 1. The molecule has 2 aromatic rings. The van der Waals surface area contributed by atoms with E-state index in [4.69, 9.17) is 0 Å². The minimum atomic E-state index is -0.308. The maximum Gasteiger partial charge on any atom is 0.264 e. The van der Waals surface area contributed by atoms with E-state index in [-0.39, 0.29) is 11.5 Å².